The summed E-state index contributed by atoms with van der Waals surface area (Å²) in [4.78, 5) is 0. The fraction of sp³-hybridized carbons (Fsp3) is 1.00. The van der Waals surface area contributed by atoms with E-state index in [1.165, 1.54) is 4.31 Å². The van der Waals surface area contributed by atoms with Gasteiger partial charge >= 0.3 is 0 Å². The molecule has 0 radical (unpaired) electrons. The molecule has 1 aliphatic rings. The van der Waals surface area contributed by atoms with Crippen LogP contribution in [0.15, 0.2) is 0 Å². The van der Waals surface area contributed by atoms with Crippen LogP contribution >= 0.6 is 0 Å². The average molecular weight is 271 g/mol. The molecule has 0 spiro atoms. The first-order valence-electron chi connectivity index (χ1n) is 5.04. The van der Waals surface area contributed by atoms with Gasteiger partial charge < -0.3 is 5.11 Å². The minimum Gasteiger partial charge on any atom is -0.395 e. The third kappa shape index (κ3) is 3.69. The Morgan fingerprint density at radius 3 is 2.38 bits per heavy atom. The van der Waals surface area contributed by atoms with Crippen LogP contribution in [-0.2, 0) is 19.9 Å². The van der Waals surface area contributed by atoms with Crippen molar-refractivity contribution in [3.63, 3.8) is 0 Å². The Hall–Kier alpha value is -0.180. The van der Waals surface area contributed by atoms with Gasteiger partial charge in [-0.2, -0.15) is 4.31 Å². The molecule has 1 fully saturated rings. The molecule has 1 saturated heterocycles. The van der Waals surface area contributed by atoms with Crippen molar-refractivity contribution in [3.8, 4) is 0 Å². The summed E-state index contributed by atoms with van der Waals surface area (Å²) in [5.41, 5.74) is 0. The Kier molecular flexibility index (Phi) is 4.33. The molecule has 0 amide bonds. The monoisotopic (exact) mass is 271 g/mol. The molecule has 0 aromatic carbocycles. The molecule has 96 valence electrons. The summed E-state index contributed by atoms with van der Waals surface area (Å²) < 4.78 is 46.6. The lowest BCUT2D eigenvalue weighted by atomic mass is 10.2. The van der Waals surface area contributed by atoms with Gasteiger partial charge in [0.1, 0.15) is 9.84 Å². The zero-order valence-corrected chi connectivity index (χ0v) is 10.8. The molecule has 1 aliphatic heterocycles. The third-order valence-corrected chi connectivity index (χ3v) is 5.72. The number of hydrogen-bond donors (Lipinski definition) is 1. The van der Waals surface area contributed by atoms with Gasteiger partial charge in [-0.05, 0) is 12.8 Å². The first-order chi connectivity index (χ1) is 7.26. The Bertz CT molecular complexity index is 427. The van der Waals surface area contributed by atoms with Crippen LogP contribution in [-0.4, -0.2) is 63.2 Å². The lowest BCUT2D eigenvalue weighted by Gasteiger charge is -2.22. The fourth-order valence-electron chi connectivity index (χ4n) is 1.73. The molecule has 16 heavy (non-hydrogen) atoms. The van der Waals surface area contributed by atoms with E-state index in [0.717, 1.165) is 6.26 Å². The lowest BCUT2D eigenvalue weighted by molar-refractivity contribution is 0.213. The highest BCUT2D eigenvalue weighted by Crippen LogP contribution is 2.20. The van der Waals surface area contributed by atoms with E-state index in [0.29, 0.717) is 19.4 Å². The molecule has 1 N–H and O–H groups in total. The van der Waals surface area contributed by atoms with Gasteiger partial charge in [-0.15, -0.1) is 0 Å². The molecular weight excluding hydrogens is 254 g/mol. The largest absolute Gasteiger partial charge is 0.395 e. The number of nitrogens with zero attached hydrogens (tertiary/aromatic N) is 1. The highest BCUT2D eigenvalue weighted by molar-refractivity contribution is 7.93. The summed E-state index contributed by atoms with van der Waals surface area (Å²) in [6, 6.07) is -0.385. The Balaban J connectivity index is 2.70. The average Bonchev–Trinajstić information content (AvgIpc) is 2.62. The minimum absolute atomic E-state index is 0.210. The van der Waals surface area contributed by atoms with Gasteiger partial charge in [-0.3, -0.25) is 0 Å². The number of rotatable bonds is 5. The van der Waals surface area contributed by atoms with Crippen molar-refractivity contribution in [2.24, 2.45) is 0 Å². The van der Waals surface area contributed by atoms with Crippen molar-refractivity contribution in [2.75, 3.05) is 30.9 Å². The van der Waals surface area contributed by atoms with E-state index in [9.17, 15) is 16.8 Å². The SMILES string of the molecule is CS(=O)(=O)CCS(=O)(=O)N1CCC[C@H]1CO. The summed E-state index contributed by atoms with van der Waals surface area (Å²) in [7, 11) is -6.84. The molecule has 0 unspecified atom stereocenters. The van der Waals surface area contributed by atoms with E-state index >= 15 is 0 Å². The van der Waals surface area contributed by atoms with Crippen LogP contribution in [0.4, 0.5) is 0 Å². The molecule has 0 aromatic heterocycles. The van der Waals surface area contributed by atoms with Crippen LogP contribution in [0.5, 0.6) is 0 Å². The predicted molar refractivity (Wildman–Crippen MR) is 60.3 cm³/mol. The van der Waals surface area contributed by atoms with E-state index in [4.69, 9.17) is 5.11 Å². The van der Waals surface area contributed by atoms with Gasteiger partial charge in [-0.25, -0.2) is 16.8 Å². The first-order valence-corrected chi connectivity index (χ1v) is 8.71. The normalized spacial score (nSPS) is 23.8. The van der Waals surface area contributed by atoms with E-state index < -0.39 is 25.6 Å². The van der Waals surface area contributed by atoms with E-state index in [1.54, 1.807) is 0 Å². The Labute approximate surface area is 96.2 Å². The predicted octanol–water partition coefficient (Wildman–Crippen LogP) is -1.18. The van der Waals surface area contributed by atoms with Crippen LogP contribution < -0.4 is 0 Å². The number of hydrogen-bond acceptors (Lipinski definition) is 5. The van der Waals surface area contributed by atoms with Crippen molar-refractivity contribution < 1.29 is 21.9 Å². The van der Waals surface area contributed by atoms with Gasteiger partial charge in [0.15, 0.2) is 0 Å². The van der Waals surface area contributed by atoms with Crippen molar-refractivity contribution >= 4 is 19.9 Å². The molecular formula is C8H17NO5S2. The molecule has 1 heterocycles. The molecule has 1 atom stereocenters. The first kappa shape index (κ1) is 13.9. The van der Waals surface area contributed by atoms with E-state index in [2.05, 4.69) is 0 Å². The third-order valence-electron chi connectivity index (χ3n) is 2.60. The Morgan fingerprint density at radius 2 is 1.88 bits per heavy atom. The fourth-order valence-corrected chi connectivity index (χ4v) is 5.05. The Morgan fingerprint density at radius 1 is 1.25 bits per heavy atom. The van der Waals surface area contributed by atoms with E-state index in [-0.39, 0.29) is 18.4 Å². The van der Waals surface area contributed by atoms with Crippen LogP contribution in [0.25, 0.3) is 0 Å². The van der Waals surface area contributed by atoms with Gasteiger partial charge in [0, 0.05) is 18.8 Å². The van der Waals surface area contributed by atoms with Gasteiger partial charge in [0.05, 0.1) is 18.1 Å². The van der Waals surface area contributed by atoms with Crippen LogP contribution in [0.1, 0.15) is 12.8 Å². The minimum atomic E-state index is -3.56. The van der Waals surface area contributed by atoms with Crippen LogP contribution in [0.2, 0.25) is 0 Å². The summed E-state index contributed by atoms with van der Waals surface area (Å²) in [5, 5.41) is 9.00. The summed E-state index contributed by atoms with van der Waals surface area (Å²) in [6.45, 7) is 0.162. The second-order valence-corrected chi connectivity index (χ2v) is 8.34. The zero-order valence-electron chi connectivity index (χ0n) is 9.16. The maximum Gasteiger partial charge on any atom is 0.215 e. The molecule has 1 rings (SSSR count). The second kappa shape index (κ2) is 4.99. The number of aliphatic hydroxyl groups is 1. The van der Waals surface area contributed by atoms with E-state index in [1.807, 2.05) is 0 Å². The molecule has 0 saturated carbocycles. The molecule has 6 nitrogen and oxygen atoms in total. The van der Waals surface area contributed by atoms with Gasteiger partial charge in [0.25, 0.3) is 0 Å². The molecule has 0 aromatic rings. The second-order valence-electron chi connectivity index (χ2n) is 4.04. The summed E-state index contributed by atoms with van der Waals surface area (Å²) >= 11 is 0. The van der Waals surface area contributed by atoms with Gasteiger partial charge in [0.2, 0.25) is 10.0 Å². The van der Waals surface area contributed by atoms with Crippen molar-refractivity contribution in [3.05, 3.63) is 0 Å². The highest BCUT2D eigenvalue weighted by Gasteiger charge is 2.33. The number of sulfonamides is 1. The van der Waals surface area contributed by atoms with Crippen molar-refractivity contribution in [1.82, 2.24) is 4.31 Å². The van der Waals surface area contributed by atoms with Crippen molar-refractivity contribution in [2.45, 2.75) is 18.9 Å². The molecule has 0 aliphatic carbocycles. The number of sulfone groups is 1. The highest BCUT2D eigenvalue weighted by atomic mass is 32.2. The van der Waals surface area contributed by atoms with Crippen LogP contribution in [0, 0.1) is 0 Å². The van der Waals surface area contributed by atoms with Crippen LogP contribution in [0.3, 0.4) is 0 Å². The maximum absolute atomic E-state index is 11.8. The summed E-state index contributed by atoms with van der Waals surface area (Å²) in [5.74, 6) is -0.772. The lowest BCUT2D eigenvalue weighted by Crippen LogP contribution is -2.40. The smallest absolute Gasteiger partial charge is 0.215 e. The molecule has 0 bridgehead atoms. The zero-order chi connectivity index (χ0) is 12.4. The quantitative estimate of drug-likeness (QED) is 0.679. The molecule has 8 heteroatoms. The van der Waals surface area contributed by atoms with Gasteiger partial charge in [-0.1, -0.05) is 0 Å². The standard InChI is InChI=1S/C8H17NO5S2/c1-15(11,12)5-6-16(13,14)9-4-2-3-8(9)7-10/h8,10H,2-7H2,1H3/t8-/m0/s1. The maximum atomic E-state index is 11.8. The summed E-state index contributed by atoms with van der Waals surface area (Å²) in [6.07, 6.45) is 2.36. The van der Waals surface area contributed by atoms with Crippen molar-refractivity contribution in [1.29, 1.82) is 0 Å². The topological polar surface area (TPSA) is 91.8 Å². The number of aliphatic hydroxyl groups excluding tert-OH is 1.